The molecule has 4 aromatic rings. The van der Waals surface area contributed by atoms with Crippen LogP contribution < -0.4 is 20.1 Å². The zero-order valence-corrected chi connectivity index (χ0v) is 19.1. The highest BCUT2D eigenvalue weighted by molar-refractivity contribution is 7.16. The molecule has 0 unspecified atom stereocenters. The molecule has 0 aliphatic carbocycles. The van der Waals surface area contributed by atoms with E-state index in [1.165, 1.54) is 11.3 Å². The number of thiazole rings is 1. The molecule has 0 saturated carbocycles. The molecule has 7 nitrogen and oxygen atoms in total. The molecule has 168 valence electrons. The molecule has 0 saturated heterocycles. The van der Waals surface area contributed by atoms with Gasteiger partial charge in [-0.3, -0.25) is 9.59 Å². The van der Waals surface area contributed by atoms with Crippen molar-refractivity contribution in [3.05, 3.63) is 77.3 Å². The van der Waals surface area contributed by atoms with E-state index in [2.05, 4.69) is 15.6 Å². The molecule has 0 atom stereocenters. The monoisotopic (exact) mass is 461 g/mol. The Hall–Kier alpha value is -3.91. The minimum Gasteiger partial charge on any atom is -0.492 e. The number of anilines is 2. The van der Waals surface area contributed by atoms with Gasteiger partial charge >= 0.3 is 0 Å². The lowest BCUT2D eigenvalue weighted by Crippen LogP contribution is -2.15. The number of ether oxygens (including phenoxy) is 2. The second kappa shape index (κ2) is 10.1. The predicted octanol–water partition coefficient (Wildman–Crippen LogP) is 5.60. The van der Waals surface area contributed by atoms with Gasteiger partial charge in [0.15, 0.2) is 0 Å². The number of rotatable bonds is 8. The molecule has 0 aliphatic heterocycles. The van der Waals surface area contributed by atoms with Gasteiger partial charge in [-0.25, -0.2) is 4.98 Å². The lowest BCUT2D eigenvalue weighted by molar-refractivity contribution is 0.101. The van der Waals surface area contributed by atoms with E-state index in [9.17, 15) is 9.59 Å². The second-order valence-corrected chi connectivity index (χ2v) is 7.91. The summed E-state index contributed by atoms with van der Waals surface area (Å²) in [5.41, 5.74) is 4.54. The van der Waals surface area contributed by atoms with Crippen LogP contribution in [0, 0.1) is 0 Å². The summed E-state index contributed by atoms with van der Waals surface area (Å²) in [4.78, 5) is 29.9. The van der Waals surface area contributed by atoms with Gasteiger partial charge < -0.3 is 20.1 Å². The highest BCUT2D eigenvalue weighted by Gasteiger charge is 2.18. The van der Waals surface area contributed by atoms with Crippen LogP contribution in [0.5, 0.6) is 11.5 Å². The Balaban J connectivity index is 1.64. The average Bonchev–Trinajstić information content (AvgIpc) is 3.30. The second-order valence-electron chi connectivity index (χ2n) is 7.02. The fourth-order valence-electron chi connectivity index (χ4n) is 3.28. The van der Waals surface area contributed by atoms with E-state index in [4.69, 9.17) is 9.47 Å². The number of amides is 2. The lowest BCUT2D eigenvalue weighted by atomic mass is 10.1. The molecule has 0 aliphatic rings. The van der Waals surface area contributed by atoms with Crippen LogP contribution in [0.1, 0.15) is 34.6 Å². The molecule has 0 bridgehead atoms. The number of hydrogen-bond acceptors (Lipinski definition) is 6. The van der Waals surface area contributed by atoms with Gasteiger partial charge in [-0.2, -0.15) is 0 Å². The zero-order valence-electron chi connectivity index (χ0n) is 18.3. The Morgan fingerprint density at radius 3 is 2.03 bits per heavy atom. The highest BCUT2D eigenvalue weighted by Crippen LogP contribution is 2.37. The van der Waals surface area contributed by atoms with Crippen LogP contribution in [-0.2, 0) is 0 Å². The first-order valence-corrected chi connectivity index (χ1v) is 11.4. The predicted molar refractivity (Wildman–Crippen MR) is 131 cm³/mol. The first kappa shape index (κ1) is 22.3. The third-order valence-corrected chi connectivity index (χ3v) is 5.60. The summed E-state index contributed by atoms with van der Waals surface area (Å²) in [6.07, 6.45) is 0. The van der Waals surface area contributed by atoms with Crippen LogP contribution in [0.2, 0.25) is 0 Å². The van der Waals surface area contributed by atoms with Gasteiger partial charge in [0.05, 0.1) is 40.3 Å². The Morgan fingerprint density at radius 2 is 1.42 bits per heavy atom. The van der Waals surface area contributed by atoms with E-state index in [-0.39, 0.29) is 11.8 Å². The molecule has 1 heterocycles. The fraction of sp³-hybridized carbons (Fsp3) is 0.160. The number of fused-ring (bicyclic) bond motifs is 1. The van der Waals surface area contributed by atoms with Crippen LogP contribution in [-0.4, -0.2) is 30.0 Å². The molecule has 0 fully saturated rings. The SMILES string of the molecule is CCOc1cc(NC(=O)c2ccc3ncsc3c2)c(OCC)cc1NC(=O)c1ccccc1. The Morgan fingerprint density at radius 1 is 0.818 bits per heavy atom. The van der Waals surface area contributed by atoms with E-state index in [1.54, 1.807) is 54.0 Å². The fourth-order valence-corrected chi connectivity index (χ4v) is 4.00. The van der Waals surface area contributed by atoms with Gasteiger partial charge in [0.1, 0.15) is 11.5 Å². The topological polar surface area (TPSA) is 89.6 Å². The van der Waals surface area contributed by atoms with Crippen LogP contribution in [0.3, 0.4) is 0 Å². The van der Waals surface area contributed by atoms with E-state index in [0.29, 0.717) is 47.2 Å². The van der Waals surface area contributed by atoms with Crippen molar-refractivity contribution in [2.75, 3.05) is 23.8 Å². The van der Waals surface area contributed by atoms with E-state index in [1.807, 2.05) is 26.0 Å². The maximum absolute atomic E-state index is 13.0. The summed E-state index contributed by atoms with van der Waals surface area (Å²) in [6, 6.07) is 17.6. The van der Waals surface area contributed by atoms with E-state index >= 15 is 0 Å². The van der Waals surface area contributed by atoms with E-state index in [0.717, 1.165) is 10.2 Å². The molecule has 0 radical (unpaired) electrons. The van der Waals surface area contributed by atoms with E-state index < -0.39 is 0 Å². The van der Waals surface area contributed by atoms with Gasteiger partial charge in [0.2, 0.25) is 0 Å². The zero-order chi connectivity index (χ0) is 23.2. The van der Waals surface area contributed by atoms with Crippen molar-refractivity contribution >= 4 is 44.7 Å². The Bertz CT molecular complexity index is 1290. The molecular formula is C25H23N3O4S. The van der Waals surface area contributed by atoms with Gasteiger partial charge in [0, 0.05) is 23.3 Å². The molecular weight excluding hydrogens is 438 g/mol. The number of nitrogens with one attached hydrogen (secondary N) is 2. The standard InChI is InChI=1S/C25H23N3O4S/c1-3-31-21-14-20(28-25(30)17-10-11-18-23(12-17)33-15-26-18)22(32-4-2)13-19(21)27-24(29)16-8-6-5-7-9-16/h5-15H,3-4H2,1-2H3,(H,27,29)(H,28,30). The first-order valence-electron chi connectivity index (χ1n) is 10.5. The number of carbonyl (C=O) groups excluding carboxylic acids is 2. The highest BCUT2D eigenvalue weighted by atomic mass is 32.1. The third-order valence-electron chi connectivity index (χ3n) is 4.81. The van der Waals surface area contributed by atoms with Crippen molar-refractivity contribution in [1.82, 2.24) is 4.98 Å². The van der Waals surface area contributed by atoms with Crippen LogP contribution in [0.4, 0.5) is 11.4 Å². The summed E-state index contributed by atoms with van der Waals surface area (Å²) in [6.45, 7) is 4.47. The summed E-state index contributed by atoms with van der Waals surface area (Å²) in [5.74, 6) is 0.304. The molecule has 8 heteroatoms. The molecule has 4 rings (SSSR count). The molecule has 33 heavy (non-hydrogen) atoms. The van der Waals surface area contributed by atoms with Crippen LogP contribution in [0.25, 0.3) is 10.2 Å². The molecule has 0 spiro atoms. The maximum Gasteiger partial charge on any atom is 0.255 e. The average molecular weight is 462 g/mol. The summed E-state index contributed by atoms with van der Waals surface area (Å²) < 4.78 is 12.4. The molecule has 2 amide bonds. The lowest BCUT2D eigenvalue weighted by Gasteiger charge is -2.18. The summed E-state index contributed by atoms with van der Waals surface area (Å²) in [5, 5.41) is 5.78. The minimum atomic E-state index is -0.283. The Labute approximate surface area is 195 Å². The third kappa shape index (κ3) is 5.12. The van der Waals surface area contributed by atoms with Gasteiger partial charge in [-0.1, -0.05) is 18.2 Å². The number of benzene rings is 3. The summed E-state index contributed by atoms with van der Waals surface area (Å²) in [7, 11) is 0. The molecule has 2 N–H and O–H groups in total. The van der Waals surface area contributed by atoms with Crippen LogP contribution in [0.15, 0.2) is 66.2 Å². The van der Waals surface area contributed by atoms with Gasteiger partial charge in [-0.15, -0.1) is 11.3 Å². The number of aromatic nitrogens is 1. The number of hydrogen-bond donors (Lipinski definition) is 2. The van der Waals surface area contributed by atoms with Crippen molar-refractivity contribution in [2.24, 2.45) is 0 Å². The smallest absolute Gasteiger partial charge is 0.255 e. The maximum atomic E-state index is 13.0. The molecule has 1 aromatic heterocycles. The first-order chi connectivity index (χ1) is 16.1. The number of carbonyl (C=O) groups is 2. The van der Waals surface area contributed by atoms with Crippen molar-refractivity contribution in [2.45, 2.75) is 13.8 Å². The normalized spacial score (nSPS) is 10.6. The largest absolute Gasteiger partial charge is 0.492 e. The quantitative estimate of drug-likeness (QED) is 0.357. The van der Waals surface area contributed by atoms with Crippen LogP contribution >= 0.6 is 11.3 Å². The number of nitrogens with zero attached hydrogens (tertiary/aromatic N) is 1. The van der Waals surface area contributed by atoms with Crippen molar-refractivity contribution in [3.8, 4) is 11.5 Å². The van der Waals surface area contributed by atoms with Crippen molar-refractivity contribution < 1.29 is 19.1 Å². The van der Waals surface area contributed by atoms with Gasteiger partial charge in [-0.05, 0) is 44.2 Å². The Kier molecular flexibility index (Phi) is 6.85. The molecule has 3 aromatic carbocycles. The van der Waals surface area contributed by atoms with Gasteiger partial charge in [0.25, 0.3) is 11.8 Å². The van der Waals surface area contributed by atoms with Crippen molar-refractivity contribution in [1.29, 1.82) is 0 Å². The summed E-state index contributed by atoms with van der Waals surface area (Å²) >= 11 is 1.48. The minimum absolute atomic E-state index is 0.270. The van der Waals surface area contributed by atoms with Crippen molar-refractivity contribution in [3.63, 3.8) is 0 Å².